The molecule has 1 saturated heterocycles. The van der Waals surface area contributed by atoms with Crippen molar-refractivity contribution in [1.82, 2.24) is 15.0 Å². The smallest absolute Gasteiger partial charge is 0.398 e. The van der Waals surface area contributed by atoms with Gasteiger partial charge in [-0.2, -0.15) is 4.39 Å². The van der Waals surface area contributed by atoms with E-state index in [0.717, 1.165) is 0 Å². The van der Waals surface area contributed by atoms with Crippen molar-refractivity contribution in [2.24, 2.45) is 0 Å². The Morgan fingerprint density at radius 3 is 2.06 bits per heavy atom. The van der Waals surface area contributed by atoms with Gasteiger partial charge in [-0.1, -0.05) is 5.21 Å². The van der Waals surface area contributed by atoms with Crippen LogP contribution in [0.25, 0.3) is 0 Å². The summed E-state index contributed by atoms with van der Waals surface area (Å²) in [6.45, 7) is 11.3. The molecule has 7 heteroatoms. The highest BCUT2D eigenvalue weighted by Gasteiger charge is 2.54. The molecule has 0 saturated carbocycles. The minimum absolute atomic E-state index is 0.0892. The molecule has 1 aliphatic heterocycles. The Balaban J connectivity index is 2.30. The van der Waals surface area contributed by atoms with Crippen molar-refractivity contribution in [2.45, 2.75) is 58.8 Å². The van der Waals surface area contributed by atoms with Gasteiger partial charge < -0.3 is 9.31 Å². The number of nitrogens with zero attached hydrogens (tertiary/aromatic N) is 3. The molecule has 1 aromatic rings. The quantitative estimate of drug-likeness (QED) is 0.747. The Bertz CT molecular complexity index is 443. The normalized spacial score (nSPS) is 21.9. The molecule has 100 valence electrons. The van der Waals surface area contributed by atoms with E-state index < -0.39 is 24.3 Å². The van der Waals surface area contributed by atoms with Gasteiger partial charge in [-0.3, -0.25) is 0 Å². The van der Waals surface area contributed by atoms with Gasteiger partial charge >= 0.3 is 7.12 Å². The van der Waals surface area contributed by atoms with E-state index in [9.17, 15) is 4.39 Å². The van der Waals surface area contributed by atoms with E-state index in [2.05, 4.69) is 10.3 Å². The number of hydrogen-bond donors (Lipinski definition) is 0. The lowest BCUT2D eigenvalue weighted by molar-refractivity contribution is 0.00578. The monoisotopic (exact) mass is 255 g/mol. The zero-order chi connectivity index (χ0) is 13.7. The van der Waals surface area contributed by atoms with E-state index in [1.165, 1.54) is 4.68 Å². The molecule has 5 nitrogen and oxygen atoms in total. The van der Waals surface area contributed by atoms with Crippen molar-refractivity contribution in [1.29, 1.82) is 0 Å². The Kier molecular flexibility index (Phi) is 3.02. The van der Waals surface area contributed by atoms with Crippen molar-refractivity contribution in [3.63, 3.8) is 0 Å². The molecule has 0 amide bonds. The molecule has 0 aliphatic carbocycles. The standard InChI is InChI=1S/C11H19BFN3O2/c1-7(2)16-9(13)8(14-15-16)12-17-10(3,4)11(5,6)18-12/h7H,1-6H3. The van der Waals surface area contributed by atoms with Crippen LogP contribution in [-0.4, -0.2) is 33.3 Å². The fourth-order valence-corrected chi connectivity index (χ4v) is 1.72. The van der Waals surface area contributed by atoms with Crippen molar-refractivity contribution >= 4 is 12.7 Å². The first-order valence-electron chi connectivity index (χ1n) is 6.12. The summed E-state index contributed by atoms with van der Waals surface area (Å²) in [5.74, 6) is -0.497. The number of hydrogen-bond acceptors (Lipinski definition) is 4. The van der Waals surface area contributed by atoms with E-state index in [-0.39, 0.29) is 11.6 Å². The van der Waals surface area contributed by atoms with E-state index in [1.807, 2.05) is 41.5 Å². The van der Waals surface area contributed by atoms with E-state index >= 15 is 0 Å². The fourth-order valence-electron chi connectivity index (χ4n) is 1.72. The maximum Gasteiger partial charge on any atom is 0.521 e. The van der Waals surface area contributed by atoms with Crippen LogP contribution in [0.3, 0.4) is 0 Å². The van der Waals surface area contributed by atoms with E-state index in [0.29, 0.717) is 0 Å². The van der Waals surface area contributed by atoms with Crippen LogP contribution in [0.5, 0.6) is 0 Å². The number of aromatic nitrogens is 3. The van der Waals surface area contributed by atoms with Crippen molar-refractivity contribution < 1.29 is 13.7 Å². The highest BCUT2D eigenvalue weighted by atomic mass is 19.1. The summed E-state index contributed by atoms with van der Waals surface area (Å²) in [6.07, 6.45) is 0. The number of halogens is 1. The van der Waals surface area contributed by atoms with Gasteiger partial charge in [0.1, 0.15) is 0 Å². The second kappa shape index (κ2) is 4.03. The maximum atomic E-state index is 14.1. The summed E-state index contributed by atoms with van der Waals surface area (Å²) in [6, 6.07) is -0.0892. The third-order valence-corrected chi connectivity index (χ3v) is 3.63. The molecule has 1 aliphatic rings. The van der Waals surface area contributed by atoms with Crippen LogP contribution in [0.4, 0.5) is 4.39 Å². The average molecular weight is 255 g/mol. The van der Waals surface area contributed by atoms with Crippen LogP contribution >= 0.6 is 0 Å². The average Bonchev–Trinajstić information content (AvgIpc) is 2.66. The third kappa shape index (κ3) is 1.95. The summed E-state index contributed by atoms with van der Waals surface area (Å²) in [7, 11) is -0.803. The molecular weight excluding hydrogens is 236 g/mol. The first-order valence-corrected chi connectivity index (χ1v) is 6.12. The van der Waals surface area contributed by atoms with Crippen LogP contribution in [-0.2, 0) is 9.31 Å². The molecule has 2 rings (SSSR count). The summed E-state index contributed by atoms with van der Waals surface area (Å²) in [5.41, 5.74) is -0.903. The van der Waals surface area contributed by atoms with Crippen LogP contribution < -0.4 is 5.59 Å². The van der Waals surface area contributed by atoms with Gasteiger partial charge in [0.05, 0.1) is 17.2 Å². The first kappa shape index (κ1) is 13.5. The van der Waals surface area contributed by atoms with Gasteiger partial charge in [0.15, 0.2) is 5.59 Å². The number of rotatable bonds is 2. The topological polar surface area (TPSA) is 49.2 Å². The summed E-state index contributed by atoms with van der Waals surface area (Å²) >= 11 is 0. The van der Waals surface area contributed by atoms with Gasteiger partial charge in [0.2, 0.25) is 5.95 Å². The second-order valence-corrected chi connectivity index (χ2v) is 5.89. The molecule has 1 aromatic heterocycles. The van der Waals surface area contributed by atoms with Gasteiger partial charge in [0.25, 0.3) is 0 Å². The SMILES string of the molecule is CC(C)n1nnc(B2OC(C)(C)C(C)(C)O2)c1F. The Morgan fingerprint density at radius 2 is 1.67 bits per heavy atom. The predicted octanol–water partition coefficient (Wildman–Crippen LogP) is 1.30. The van der Waals surface area contributed by atoms with Gasteiger partial charge in [-0.25, -0.2) is 4.68 Å². The molecule has 18 heavy (non-hydrogen) atoms. The predicted molar refractivity (Wildman–Crippen MR) is 66.1 cm³/mol. The van der Waals surface area contributed by atoms with E-state index in [4.69, 9.17) is 9.31 Å². The van der Waals surface area contributed by atoms with Crippen LogP contribution in [0.1, 0.15) is 47.6 Å². The molecule has 2 heterocycles. The molecular formula is C11H19BFN3O2. The van der Waals surface area contributed by atoms with Gasteiger partial charge in [-0.05, 0) is 41.5 Å². The molecule has 0 N–H and O–H groups in total. The highest BCUT2D eigenvalue weighted by Crippen LogP contribution is 2.36. The molecule has 0 bridgehead atoms. The zero-order valence-electron chi connectivity index (χ0n) is 11.7. The minimum Gasteiger partial charge on any atom is -0.398 e. The molecule has 0 aromatic carbocycles. The van der Waals surface area contributed by atoms with Crippen molar-refractivity contribution in [3.8, 4) is 0 Å². The minimum atomic E-state index is -0.803. The lowest BCUT2D eigenvalue weighted by Crippen LogP contribution is -2.41. The Labute approximate surface area is 107 Å². The first-order chi connectivity index (χ1) is 8.16. The van der Waals surface area contributed by atoms with Crippen molar-refractivity contribution in [2.75, 3.05) is 0 Å². The maximum absolute atomic E-state index is 14.1. The van der Waals surface area contributed by atoms with E-state index in [1.54, 1.807) is 0 Å². The molecule has 0 radical (unpaired) electrons. The summed E-state index contributed by atoms with van der Waals surface area (Å²) in [4.78, 5) is 0. The largest absolute Gasteiger partial charge is 0.521 e. The Morgan fingerprint density at radius 1 is 1.17 bits per heavy atom. The van der Waals surface area contributed by atoms with Gasteiger partial charge in [-0.15, -0.1) is 5.10 Å². The second-order valence-electron chi connectivity index (χ2n) is 5.89. The molecule has 0 atom stereocenters. The molecule has 0 spiro atoms. The summed E-state index contributed by atoms with van der Waals surface area (Å²) in [5, 5.41) is 7.63. The van der Waals surface area contributed by atoms with Crippen molar-refractivity contribution in [3.05, 3.63) is 5.95 Å². The van der Waals surface area contributed by atoms with Crippen LogP contribution in [0.15, 0.2) is 0 Å². The summed E-state index contributed by atoms with van der Waals surface area (Å²) < 4.78 is 26.8. The molecule has 0 unspecified atom stereocenters. The Hall–Kier alpha value is -0.945. The highest BCUT2D eigenvalue weighted by molar-refractivity contribution is 6.61. The third-order valence-electron chi connectivity index (χ3n) is 3.63. The lowest BCUT2D eigenvalue weighted by Gasteiger charge is -2.32. The van der Waals surface area contributed by atoms with Crippen LogP contribution in [0.2, 0.25) is 0 Å². The lowest BCUT2D eigenvalue weighted by atomic mass is 9.85. The van der Waals surface area contributed by atoms with Crippen LogP contribution in [0, 0.1) is 5.95 Å². The van der Waals surface area contributed by atoms with Gasteiger partial charge in [0, 0.05) is 0 Å². The zero-order valence-corrected chi connectivity index (χ0v) is 11.7. The fraction of sp³-hybridized carbons (Fsp3) is 0.818. The molecule has 1 fully saturated rings.